The lowest BCUT2D eigenvalue weighted by atomic mass is 10.1. The van der Waals surface area contributed by atoms with Gasteiger partial charge in [0.15, 0.2) is 0 Å². The summed E-state index contributed by atoms with van der Waals surface area (Å²) in [6.45, 7) is -0.0990. The molecule has 0 atom stereocenters. The van der Waals surface area contributed by atoms with Crippen molar-refractivity contribution in [1.82, 2.24) is 0 Å². The lowest BCUT2D eigenvalue weighted by Gasteiger charge is -2.02. The van der Waals surface area contributed by atoms with E-state index in [1.807, 2.05) is 0 Å². The Bertz CT molecular complexity index is 382. The molecule has 0 amide bonds. The predicted molar refractivity (Wildman–Crippen MR) is 55.6 cm³/mol. The van der Waals surface area contributed by atoms with E-state index in [1.54, 1.807) is 18.2 Å². The van der Waals surface area contributed by atoms with Gasteiger partial charge in [0.2, 0.25) is 0 Å². The molecule has 0 unspecified atom stereocenters. The van der Waals surface area contributed by atoms with E-state index in [2.05, 4.69) is 4.74 Å². The van der Waals surface area contributed by atoms with Crippen LogP contribution in [0.3, 0.4) is 0 Å². The Labute approximate surface area is 87.4 Å². The molecule has 0 saturated heterocycles. The van der Waals surface area contributed by atoms with Gasteiger partial charge in [-0.15, -0.1) is 0 Å². The summed E-state index contributed by atoms with van der Waals surface area (Å²) in [5.41, 5.74) is 0.827. The minimum Gasteiger partial charge on any atom is -0.507 e. The molecule has 0 spiro atoms. The Morgan fingerprint density at radius 1 is 1.53 bits per heavy atom. The van der Waals surface area contributed by atoms with E-state index >= 15 is 0 Å². The Hall–Kier alpha value is -1.81. The number of phenolic OH excluding ortho intramolecular Hbond substituents is 1. The Balaban J connectivity index is 2.98. The number of aliphatic hydroxyl groups excluding tert-OH is 1. The first-order valence-corrected chi connectivity index (χ1v) is 4.37. The smallest absolute Gasteiger partial charge is 0.337 e. The quantitative estimate of drug-likeness (QED) is 0.732. The number of carbonyl (C=O) groups excluding carboxylic acids is 1. The number of aliphatic hydroxyl groups is 1. The summed E-state index contributed by atoms with van der Waals surface area (Å²) in [5.74, 6) is -0.523. The second kappa shape index (κ2) is 5.17. The van der Waals surface area contributed by atoms with Crippen LogP contribution in [0.2, 0.25) is 0 Å². The van der Waals surface area contributed by atoms with Gasteiger partial charge >= 0.3 is 5.97 Å². The molecular weight excluding hydrogens is 196 g/mol. The van der Waals surface area contributed by atoms with Crippen LogP contribution < -0.4 is 0 Å². The van der Waals surface area contributed by atoms with Crippen LogP contribution in [-0.2, 0) is 4.74 Å². The summed E-state index contributed by atoms with van der Waals surface area (Å²) in [6, 6.07) is 4.44. The van der Waals surface area contributed by atoms with Gasteiger partial charge in [-0.05, 0) is 12.1 Å². The van der Waals surface area contributed by atoms with E-state index in [0.717, 1.165) is 0 Å². The van der Waals surface area contributed by atoms with Gasteiger partial charge in [0.25, 0.3) is 0 Å². The zero-order chi connectivity index (χ0) is 11.3. The van der Waals surface area contributed by atoms with Crippen molar-refractivity contribution in [2.45, 2.75) is 0 Å². The Morgan fingerprint density at radius 2 is 2.27 bits per heavy atom. The minimum absolute atomic E-state index is 0.0254. The molecule has 0 bridgehead atoms. The van der Waals surface area contributed by atoms with E-state index in [0.29, 0.717) is 5.56 Å². The fourth-order valence-electron chi connectivity index (χ4n) is 1.11. The van der Waals surface area contributed by atoms with Crippen molar-refractivity contribution in [2.24, 2.45) is 0 Å². The fourth-order valence-corrected chi connectivity index (χ4v) is 1.11. The second-order valence-electron chi connectivity index (χ2n) is 2.85. The molecule has 0 aliphatic heterocycles. The lowest BCUT2D eigenvalue weighted by Crippen LogP contribution is -2.00. The van der Waals surface area contributed by atoms with Crippen molar-refractivity contribution in [1.29, 1.82) is 0 Å². The molecule has 0 aliphatic rings. The first-order chi connectivity index (χ1) is 7.19. The number of methoxy groups -OCH3 is 1. The average molecular weight is 208 g/mol. The molecule has 0 fully saturated rings. The number of phenols is 1. The van der Waals surface area contributed by atoms with Gasteiger partial charge in [-0.1, -0.05) is 18.2 Å². The number of benzene rings is 1. The van der Waals surface area contributed by atoms with Gasteiger partial charge in [0, 0.05) is 5.56 Å². The number of esters is 1. The molecule has 0 aliphatic carbocycles. The Morgan fingerprint density at radius 3 is 2.80 bits per heavy atom. The van der Waals surface area contributed by atoms with Crippen LogP contribution in [0, 0.1) is 0 Å². The van der Waals surface area contributed by atoms with Crippen molar-refractivity contribution in [2.75, 3.05) is 13.7 Å². The molecule has 15 heavy (non-hydrogen) atoms. The summed E-state index contributed by atoms with van der Waals surface area (Å²) in [7, 11) is 1.28. The van der Waals surface area contributed by atoms with E-state index in [1.165, 1.54) is 19.3 Å². The van der Waals surface area contributed by atoms with E-state index in [9.17, 15) is 9.90 Å². The molecule has 0 heterocycles. The average Bonchev–Trinajstić information content (AvgIpc) is 2.26. The lowest BCUT2D eigenvalue weighted by molar-refractivity contribution is 0.0600. The molecule has 1 aromatic carbocycles. The number of rotatable bonds is 3. The van der Waals surface area contributed by atoms with E-state index in [4.69, 9.17) is 5.11 Å². The molecule has 0 radical (unpaired) electrons. The van der Waals surface area contributed by atoms with Crippen LogP contribution in [0.4, 0.5) is 0 Å². The maximum absolute atomic E-state index is 11.1. The SMILES string of the molecule is COC(=O)c1ccc(C=CCO)c(O)c1. The van der Waals surface area contributed by atoms with E-state index in [-0.39, 0.29) is 17.9 Å². The molecule has 4 heteroatoms. The Kier molecular flexibility index (Phi) is 3.88. The van der Waals surface area contributed by atoms with Crippen LogP contribution in [0.5, 0.6) is 5.75 Å². The third kappa shape index (κ3) is 2.82. The molecule has 1 aromatic rings. The highest BCUT2D eigenvalue weighted by atomic mass is 16.5. The highest BCUT2D eigenvalue weighted by Gasteiger charge is 2.07. The van der Waals surface area contributed by atoms with Crippen LogP contribution in [0.15, 0.2) is 24.3 Å². The van der Waals surface area contributed by atoms with Crippen LogP contribution in [-0.4, -0.2) is 29.9 Å². The normalized spacial score (nSPS) is 10.5. The van der Waals surface area contributed by atoms with Crippen molar-refractivity contribution < 1.29 is 19.7 Å². The summed E-state index contributed by atoms with van der Waals surface area (Å²) in [4.78, 5) is 11.1. The molecule has 80 valence electrons. The topological polar surface area (TPSA) is 66.8 Å². The number of ether oxygens (including phenoxy) is 1. The molecule has 2 N–H and O–H groups in total. The van der Waals surface area contributed by atoms with Crippen LogP contribution in [0.1, 0.15) is 15.9 Å². The van der Waals surface area contributed by atoms with Crippen molar-refractivity contribution in [3.05, 3.63) is 35.4 Å². The molecular formula is C11H12O4. The molecule has 0 aromatic heterocycles. The number of aromatic hydroxyl groups is 1. The molecule has 4 nitrogen and oxygen atoms in total. The number of carbonyl (C=O) groups is 1. The zero-order valence-electron chi connectivity index (χ0n) is 8.30. The van der Waals surface area contributed by atoms with Gasteiger partial charge in [-0.25, -0.2) is 4.79 Å². The minimum atomic E-state index is -0.497. The second-order valence-corrected chi connectivity index (χ2v) is 2.85. The van der Waals surface area contributed by atoms with Gasteiger partial charge < -0.3 is 14.9 Å². The first-order valence-electron chi connectivity index (χ1n) is 4.37. The van der Waals surface area contributed by atoms with Crippen molar-refractivity contribution >= 4 is 12.0 Å². The maximum atomic E-state index is 11.1. The third-order valence-corrected chi connectivity index (χ3v) is 1.85. The monoisotopic (exact) mass is 208 g/mol. The standard InChI is InChI=1S/C11H12O4/c1-15-11(14)9-5-4-8(3-2-6-12)10(13)7-9/h2-5,7,12-13H,6H2,1H3. The van der Waals surface area contributed by atoms with Crippen molar-refractivity contribution in [3.63, 3.8) is 0 Å². The van der Waals surface area contributed by atoms with Gasteiger partial charge in [0.1, 0.15) is 5.75 Å². The van der Waals surface area contributed by atoms with Gasteiger partial charge in [-0.3, -0.25) is 0 Å². The number of hydrogen-bond donors (Lipinski definition) is 2. The number of hydrogen-bond acceptors (Lipinski definition) is 4. The molecule has 1 rings (SSSR count). The van der Waals surface area contributed by atoms with Crippen LogP contribution in [0.25, 0.3) is 6.08 Å². The van der Waals surface area contributed by atoms with Gasteiger partial charge in [0.05, 0.1) is 19.3 Å². The summed E-state index contributed by atoms with van der Waals surface area (Å²) >= 11 is 0. The van der Waals surface area contributed by atoms with Crippen molar-refractivity contribution in [3.8, 4) is 5.75 Å². The molecule has 0 saturated carbocycles. The van der Waals surface area contributed by atoms with Crippen LogP contribution >= 0.6 is 0 Å². The van der Waals surface area contributed by atoms with Gasteiger partial charge in [-0.2, -0.15) is 0 Å². The zero-order valence-corrected chi connectivity index (χ0v) is 8.30. The predicted octanol–water partition coefficient (Wildman–Crippen LogP) is 1.18. The summed E-state index contributed by atoms with van der Waals surface area (Å²) < 4.78 is 4.50. The highest BCUT2D eigenvalue weighted by Crippen LogP contribution is 2.20. The third-order valence-electron chi connectivity index (χ3n) is 1.85. The fraction of sp³-hybridized carbons (Fsp3) is 0.182. The first kappa shape index (κ1) is 11.3. The largest absolute Gasteiger partial charge is 0.507 e. The maximum Gasteiger partial charge on any atom is 0.337 e. The van der Waals surface area contributed by atoms with E-state index < -0.39 is 5.97 Å². The summed E-state index contributed by atoms with van der Waals surface area (Å²) in [5, 5.41) is 18.1. The summed E-state index contributed by atoms with van der Waals surface area (Å²) in [6.07, 6.45) is 3.06. The highest BCUT2D eigenvalue weighted by molar-refractivity contribution is 5.90.